The summed E-state index contributed by atoms with van der Waals surface area (Å²) in [7, 11) is 3.74. The zero-order valence-electron chi connectivity index (χ0n) is 19.7. The van der Waals surface area contributed by atoms with Gasteiger partial charge in [-0.05, 0) is 38.5 Å². The predicted octanol–water partition coefficient (Wildman–Crippen LogP) is 3.92. The van der Waals surface area contributed by atoms with Gasteiger partial charge in [0.1, 0.15) is 11.6 Å². The number of ether oxygens (including phenoxy) is 2. The van der Waals surface area contributed by atoms with Crippen molar-refractivity contribution in [2.45, 2.75) is 46.1 Å². The van der Waals surface area contributed by atoms with Gasteiger partial charge >= 0.3 is 0 Å². The minimum Gasteiger partial charge on any atom is -0.496 e. The Morgan fingerprint density at radius 2 is 1.94 bits per heavy atom. The lowest BCUT2D eigenvalue weighted by Gasteiger charge is -2.36. The quantitative estimate of drug-likeness (QED) is 0.319. The van der Waals surface area contributed by atoms with Crippen LogP contribution in [0.1, 0.15) is 31.9 Å². The number of benzene rings is 1. The van der Waals surface area contributed by atoms with Gasteiger partial charge in [-0.3, -0.25) is 0 Å². The molecule has 1 aromatic carbocycles. The molecule has 1 aliphatic rings. The monoisotopic (exact) mass is 553 g/mol. The molecule has 7 nitrogen and oxygen atoms in total. The molecule has 1 aromatic heterocycles. The van der Waals surface area contributed by atoms with E-state index in [1.807, 2.05) is 31.4 Å². The maximum atomic E-state index is 5.82. The molecule has 2 atom stereocenters. The van der Waals surface area contributed by atoms with Gasteiger partial charge in [-0.25, -0.2) is 9.98 Å². The summed E-state index contributed by atoms with van der Waals surface area (Å²) in [6.45, 7) is 10.1. The van der Waals surface area contributed by atoms with Crippen LogP contribution in [0.15, 0.2) is 47.6 Å². The number of hydrogen-bond donors (Lipinski definition) is 1. The van der Waals surface area contributed by atoms with Gasteiger partial charge in [-0.2, -0.15) is 0 Å². The molecule has 0 bridgehead atoms. The highest BCUT2D eigenvalue weighted by Crippen LogP contribution is 2.20. The number of rotatable bonds is 7. The van der Waals surface area contributed by atoms with Gasteiger partial charge in [0, 0.05) is 45.0 Å². The van der Waals surface area contributed by atoms with Crippen molar-refractivity contribution in [2.24, 2.45) is 4.99 Å². The number of aliphatic imine (C=N–C) groups is 1. The third-order valence-electron chi connectivity index (χ3n) is 5.26. The lowest BCUT2D eigenvalue weighted by molar-refractivity contribution is -0.00545. The van der Waals surface area contributed by atoms with Crippen molar-refractivity contribution in [3.8, 4) is 5.75 Å². The molecule has 1 N–H and O–H groups in total. The van der Waals surface area contributed by atoms with E-state index in [4.69, 9.17) is 14.5 Å². The molecule has 0 amide bonds. The summed E-state index contributed by atoms with van der Waals surface area (Å²) in [5, 5.41) is 3.38. The minimum atomic E-state index is 0. The Balaban J connectivity index is 0.00000363. The van der Waals surface area contributed by atoms with E-state index in [0.717, 1.165) is 48.3 Å². The maximum Gasteiger partial charge on any atom is 0.194 e. The van der Waals surface area contributed by atoms with Gasteiger partial charge in [0.25, 0.3) is 0 Å². The van der Waals surface area contributed by atoms with Crippen LogP contribution in [-0.2, 0) is 17.8 Å². The van der Waals surface area contributed by atoms with E-state index < -0.39 is 0 Å². The topological polar surface area (TPSA) is 62.2 Å². The Kier molecular flexibility index (Phi) is 10.5. The number of anilines is 1. The molecule has 0 radical (unpaired) electrons. The van der Waals surface area contributed by atoms with Crippen LogP contribution in [0.25, 0.3) is 0 Å². The van der Waals surface area contributed by atoms with Crippen LogP contribution < -0.4 is 15.0 Å². The highest BCUT2D eigenvalue weighted by Gasteiger charge is 2.23. The van der Waals surface area contributed by atoms with Gasteiger partial charge < -0.3 is 24.6 Å². The second-order valence-corrected chi connectivity index (χ2v) is 8.03. The fraction of sp³-hybridized carbons (Fsp3) is 0.500. The van der Waals surface area contributed by atoms with E-state index in [1.54, 1.807) is 7.11 Å². The SMILES string of the molecule is CCNC(=NCc1ccc(N2CC(C)OC(C)C2)nc1)N(C)Cc1ccccc1OC.I. The third-order valence-corrected chi connectivity index (χ3v) is 5.26. The molecule has 0 spiro atoms. The predicted molar refractivity (Wildman–Crippen MR) is 141 cm³/mol. The van der Waals surface area contributed by atoms with E-state index in [1.165, 1.54) is 0 Å². The van der Waals surface area contributed by atoms with Gasteiger partial charge in [-0.1, -0.05) is 24.3 Å². The second-order valence-electron chi connectivity index (χ2n) is 8.03. The molecular formula is C24H36IN5O2. The van der Waals surface area contributed by atoms with Crippen molar-refractivity contribution in [3.63, 3.8) is 0 Å². The van der Waals surface area contributed by atoms with E-state index >= 15 is 0 Å². The number of hydrogen-bond acceptors (Lipinski definition) is 5. The molecule has 8 heteroatoms. The molecule has 1 aliphatic heterocycles. The lowest BCUT2D eigenvalue weighted by Crippen LogP contribution is -2.45. The zero-order chi connectivity index (χ0) is 22.2. The van der Waals surface area contributed by atoms with Crippen LogP contribution >= 0.6 is 24.0 Å². The average Bonchev–Trinajstić information content (AvgIpc) is 2.76. The van der Waals surface area contributed by atoms with Crippen molar-refractivity contribution in [1.29, 1.82) is 0 Å². The summed E-state index contributed by atoms with van der Waals surface area (Å²) in [6.07, 6.45) is 2.36. The number of nitrogens with zero attached hydrogens (tertiary/aromatic N) is 4. The third kappa shape index (κ3) is 7.23. The lowest BCUT2D eigenvalue weighted by atomic mass is 10.2. The first kappa shape index (κ1) is 26.2. The molecule has 0 saturated carbocycles. The molecule has 1 saturated heterocycles. The summed E-state index contributed by atoms with van der Waals surface area (Å²) >= 11 is 0. The van der Waals surface area contributed by atoms with Crippen LogP contribution in [-0.4, -0.2) is 61.8 Å². The summed E-state index contributed by atoms with van der Waals surface area (Å²) in [6, 6.07) is 12.3. The Labute approximate surface area is 209 Å². The molecule has 2 unspecified atom stereocenters. The molecular weight excluding hydrogens is 517 g/mol. The number of methoxy groups -OCH3 is 1. The van der Waals surface area contributed by atoms with Crippen molar-refractivity contribution >= 4 is 35.8 Å². The largest absolute Gasteiger partial charge is 0.496 e. The Hall–Kier alpha value is -2.07. The van der Waals surface area contributed by atoms with Gasteiger partial charge in [0.05, 0.1) is 25.9 Å². The van der Waals surface area contributed by atoms with Crippen molar-refractivity contribution in [2.75, 3.05) is 38.7 Å². The first-order valence-electron chi connectivity index (χ1n) is 11.0. The Morgan fingerprint density at radius 1 is 1.22 bits per heavy atom. The van der Waals surface area contributed by atoms with Crippen LogP contribution in [0.5, 0.6) is 5.75 Å². The molecule has 0 aliphatic carbocycles. The fourth-order valence-electron chi connectivity index (χ4n) is 3.86. The first-order valence-corrected chi connectivity index (χ1v) is 11.0. The number of pyridine rings is 1. The molecule has 2 heterocycles. The molecule has 1 fully saturated rings. The van der Waals surface area contributed by atoms with E-state index in [2.05, 4.69) is 59.1 Å². The average molecular weight is 553 g/mol. The summed E-state index contributed by atoms with van der Waals surface area (Å²) in [5.74, 6) is 2.74. The first-order chi connectivity index (χ1) is 15.0. The van der Waals surface area contributed by atoms with Crippen LogP contribution in [0.3, 0.4) is 0 Å². The molecule has 32 heavy (non-hydrogen) atoms. The summed E-state index contributed by atoms with van der Waals surface area (Å²) in [5.41, 5.74) is 2.21. The van der Waals surface area contributed by atoms with Gasteiger partial charge in [0.15, 0.2) is 5.96 Å². The number of morpholine rings is 1. The van der Waals surface area contributed by atoms with Crippen LogP contribution in [0, 0.1) is 0 Å². The molecule has 3 rings (SSSR count). The number of para-hydroxylation sites is 1. The molecule has 2 aromatic rings. The minimum absolute atomic E-state index is 0. The van der Waals surface area contributed by atoms with Gasteiger partial charge in [0.2, 0.25) is 0 Å². The fourth-order valence-corrected chi connectivity index (χ4v) is 3.86. The number of aromatic nitrogens is 1. The van der Waals surface area contributed by atoms with Crippen LogP contribution in [0.2, 0.25) is 0 Å². The number of guanidine groups is 1. The van der Waals surface area contributed by atoms with Gasteiger partial charge in [-0.15, -0.1) is 24.0 Å². The summed E-state index contributed by atoms with van der Waals surface area (Å²) in [4.78, 5) is 13.9. The maximum absolute atomic E-state index is 5.82. The highest BCUT2D eigenvalue weighted by atomic mass is 127. The Morgan fingerprint density at radius 3 is 2.56 bits per heavy atom. The smallest absolute Gasteiger partial charge is 0.194 e. The highest BCUT2D eigenvalue weighted by molar-refractivity contribution is 14.0. The zero-order valence-corrected chi connectivity index (χ0v) is 22.1. The van der Waals surface area contributed by atoms with Crippen molar-refractivity contribution in [1.82, 2.24) is 15.2 Å². The standard InChI is InChI=1S/C24H35N5O2.HI/c1-6-25-24(28(4)17-21-9-7-8-10-22(21)30-5)27-14-20-11-12-23(26-13-20)29-15-18(2)31-19(3)16-29;/h7-13,18-19H,6,14-17H2,1-5H3,(H,25,27);1H. The number of nitrogens with one attached hydrogen (secondary N) is 1. The second kappa shape index (κ2) is 12.8. The summed E-state index contributed by atoms with van der Waals surface area (Å²) < 4.78 is 11.3. The van der Waals surface area contributed by atoms with Crippen molar-refractivity contribution in [3.05, 3.63) is 53.7 Å². The van der Waals surface area contributed by atoms with E-state index in [9.17, 15) is 0 Å². The normalized spacial score (nSPS) is 18.7. The number of halogens is 1. The van der Waals surface area contributed by atoms with Crippen molar-refractivity contribution < 1.29 is 9.47 Å². The Bertz CT molecular complexity index is 852. The van der Waals surface area contributed by atoms with Crippen LogP contribution in [0.4, 0.5) is 5.82 Å². The van der Waals surface area contributed by atoms with E-state index in [-0.39, 0.29) is 36.2 Å². The molecule has 176 valence electrons. The van der Waals surface area contributed by atoms with E-state index in [0.29, 0.717) is 13.1 Å².